The lowest BCUT2D eigenvalue weighted by Gasteiger charge is -2.16. The highest BCUT2D eigenvalue weighted by atomic mass is 16.5. The van der Waals surface area contributed by atoms with E-state index in [1.165, 1.54) is 0 Å². The predicted molar refractivity (Wildman–Crippen MR) is 69.7 cm³/mol. The Morgan fingerprint density at radius 1 is 1.21 bits per heavy atom. The molecule has 1 aliphatic carbocycles. The Balaban J connectivity index is 1.64. The number of rotatable bonds is 6. The minimum atomic E-state index is -0.726. The summed E-state index contributed by atoms with van der Waals surface area (Å²) in [5, 5.41) is 11.9. The van der Waals surface area contributed by atoms with Crippen LogP contribution in [0.2, 0.25) is 0 Å². The standard InChI is InChI=1S/C14H23NO4/c16-13(7-6-11-4-2-8-19-11)15-9-10-3-1-5-12(10)14(17)18/h10-12H,1-9H2,(H,15,16)(H,17,18). The Kier molecular flexibility index (Phi) is 5.19. The molecule has 5 heteroatoms. The molecule has 0 aromatic heterocycles. The van der Waals surface area contributed by atoms with Crippen LogP contribution in [0.25, 0.3) is 0 Å². The number of hydrogen-bond acceptors (Lipinski definition) is 3. The maximum absolute atomic E-state index is 11.7. The van der Waals surface area contributed by atoms with Crippen LogP contribution in [0.15, 0.2) is 0 Å². The topological polar surface area (TPSA) is 75.6 Å². The Morgan fingerprint density at radius 3 is 2.74 bits per heavy atom. The molecular formula is C14H23NO4. The summed E-state index contributed by atoms with van der Waals surface area (Å²) < 4.78 is 5.47. The molecule has 1 amide bonds. The zero-order valence-electron chi connectivity index (χ0n) is 11.3. The zero-order valence-corrected chi connectivity index (χ0v) is 11.3. The van der Waals surface area contributed by atoms with Gasteiger partial charge >= 0.3 is 5.97 Å². The third-order valence-electron chi connectivity index (χ3n) is 4.26. The van der Waals surface area contributed by atoms with Gasteiger partial charge in [0.1, 0.15) is 0 Å². The fraction of sp³-hybridized carbons (Fsp3) is 0.857. The van der Waals surface area contributed by atoms with Gasteiger partial charge in [0.25, 0.3) is 0 Å². The molecule has 0 spiro atoms. The molecule has 1 heterocycles. The first-order valence-electron chi connectivity index (χ1n) is 7.28. The summed E-state index contributed by atoms with van der Waals surface area (Å²) in [6.07, 6.45) is 6.24. The van der Waals surface area contributed by atoms with Crippen molar-refractivity contribution in [2.45, 2.75) is 51.0 Å². The van der Waals surface area contributed by atoms with Gasteiger partial charge in [0, 0.05) is 19.6 Å². The number of aliphatic carboxylic acids is 1. The Morgan fingerprint density at radius 2 is 2.05 bits per heavy atom. The SMILES string of the molecule is O=C(CCC1CCCO1)NCC1CCCC1C(=O)O. The van der Waals surface area contributed by atoms with Gasteiger partial charge < -0.3 is 15.2 Å². The van der Waals surface area contributed by atoms with Crippen molar-refractivity contribution < 1.29 is 19.4 Å². The summed E-state index contributed by atoms with van der Waals surface area (Å²) in [5.41, 5.74) is 0. The van der Waals surface area contributed by atoms with E-state index >= 15 is 0 Å². The Hall–Kier alpha value is -1.10. The number of carbonyl (C=O) groups is 2. The molecule has 2 rings (SSSR count). The van der Waals surface area contributed by atoms with E-state index in [9.17, 15) is 9.59 Å². The maximum atomic E-state index is 11.7. The van der Waals surface area contributed by atoms with Crippen LogP contribution in [0.5, 0.6) is 0 Å². The summed E-state index contributed by atoms with van der Waals surface area (Å²) in [4.78, 5) is 22.7. The van der Waals surface area contributed by atoms with E-state index in [0.717, 1.165) is 45.1 Å². The van der Waals surface area contributed by atoms with Gasteiger partial charge in [-0.25, -0.2) is 0 Å². The van der Waals surface area contributed by atoms with Crippen LogP contribution in [0.4, 0.5) is 0 Å². The van der Waals surface area contributed by atoms with Gasteiger partial charge in [0.05, 0.1) is 12.0 Å². The van der Waals surface area contributed by atoms with Crippen LogP contribution in [0.1, 0.15) is 44.9 Å². The highest BCUT2D eigenvalue weighted by Crippen LogP contribution is 2.31. The van der Waals surface area contributed by atoms with Crippen molar-refractivity contribution in [2.75, 3.05) is 13.2 Å². The van der Waals surface area contributed by atoms with Crippen LogP contribution in [0, 0.1) is 11.8 Å². The molecule has 19 heavy (non-hydrogen) atoms. The summed E-state index contributed by atoms with van der Waals surface area (Å²) in [7, 11) is 0. The molecule has 108 valence electrons. The lowest BCUT2D eigenvalue weighted by Crippen LogP contribution is -2.33. The van der Waals surface area contributed by atoms with E-state index in [1.54, 1.807) is 0 Å². The van der Waals surface area contributed by atoms with E-state index in [4.69, 9.17) is 9.84 Å². The minimum Gasteiger partial charge on any atom is -0.481 e. The van der Waals surface area contributed by atoms with Crippen molar-refractivity contribution in [1.29, 1.82) is 0 Å². The Bertz CT molecular complexity index is 325. The number of hydrogen-bond donors (Lipinski definition) is 2. The minimum absolute atomic E-state index is 0.0199. The second-order valence-electron chi connectivity index (χ2n) is 5.61. The smallest absolute Gasteiger partial charge is 0.306 e. The molecule has 2 N–H and O–H groups in total. The summed E-state index contributed by atoms with van der Waals surface area (Å²) in [6.45, 7) is 1.32. The molecule has 2 aliphatic rings. The number of nitrogens with one attached hydrogen (secondary N) is 1. The summed E-state index contributed by atoms with van der Waals surface area (Å²) in [5.74, 6) is -0.884. The van der Waals surface area contributed by atoms with E-state index < -0.39 is 5.97 Å². The van der Waals surface area contributed by atoms with Gasteiger partial charge in [-0.15, -0.1) is 0 Å². The molecule has 1 saturated heterocycles. The second kappa shape index (κ2) is 6.89. The fourth-order valence-electron chi connectivity index (χ4n) is 3.10. The monoisotopic (exact) mass is 269 g/mol. The number of ether oxygens (including phenoxy) is 1. The van der Waals surface area contributed by atoms with Crippen LogP contribution in [0.3, 0.4) is 0 Å². The lowest BCUT2D eigenvalue weighted by molar-refractivity contribution is -0.143. The molecule has 3 unspecified atom stereocenters. The molecule has 0 aromatic carbocycles. The second-order valence-corrected chi connectivity index (χ2v) is 5.61. The third kappa shape index (κ3) is 4.20. The van der Waals surface area contributed by atoms with Gasteiger partial charge in [-0.2, -0.15) is 0 Å². The van der Waals surface area contributed by atoms with E-state index in [2.05, 4.69) is 5.32 Å². The van der Waals surface area contributed by atoms with Crippen LogP contribution >= 0.6 is 0 Å². The first kappa shape index (κ1) is 14.3. The predicted octanol–water partition coefficient (Wildman–Crippen LogP) is 1.56. The molecule has 0 radical (unpaired) electrons. The number of carboxylic acids is 1. The fourth-order valence-corrected chi connectivity index (χ4v) is 3.10. The van der Waals surface area contributed by atoms with Crippen molar-refractivity contribution in [1.82, 2.24) is 5.32 Å². The van der Waals surface area contributed by atoms with E-state index in [0.29, 0.717) is 13.0 Å². The van der Waals surface area contributed by atoms with Crippen LogP contribution in [-0.2, 0) is 14.3 Å². The van der Waals surface area contributed by atoms with Gasteiger partial charge in [-0.05, 0) is 38.0 Å². The van der Waals surface area contributed by atoms with Crippen LogP contribution in [-0.4, -0.2) is 36.2 Å². The zero-order chi connectivity index (χ0) is 13.7. The van der Waals surface area contributed by atoms with E-state index in [-0.39, 0.29) is 23.8 Å². The highest BCUT2D eigenvalue weighted by molar-refractivity contribution is 5.76. The average Bonchev–Trinajstić information content (AvgIpc) is 3.04. The molecule has 0 aromatic rings. The van der Waals surface area contributed by atoms with Gasteiger partial charge in [-0.1, -0.05) is 6.42 Å². The first-order chi connectivity index (χ1) is 9.16. The maximum Gasteiger partial charge on any atom is 0.306 e. The molecule has 1 saturated carbocycles. The quantitative estimate of drug-likeness (QED) is 0.767. The van der Waals surface area contributed by atoms with Crippen molar-refractivity contribution in [3.05, 3.63) is 0 Å². The number of carboxylic acid groups (broad SMARTS) is 1. The van der Waals surface area contributed by atoms with Gasteiger partial charge in [-0.3, -0.25) is 9.59 Å². The number of amides is 1. The van der Waals surface area contributed by atoms with Gasteiger partial charge in [0.15, 0.2) is 0 Å². The van der Waals surface area contributed by atoms with Crippen LogP contribution < -0.4 is 5.32 Å². The summed E-state index contributed by atoms with van der Waals surface area (Å²) >= 11 is 0. The molecular weight excluding hydrogens is 246 g/mol. The molecule has 3 atom stereocenters. The molecule has 1 aliphatic heterocycles. The summed E-state index contributed by atoms with van der Waals surface area (Å²) in [6, 6.07) is 0. The lowest BCUT2D eigenvalue weighted by atomic mass is 9.96. The largest absolute Gasteiger partial charge is 0.481 e. The molecule has 5 nitrogen and oxygen atoms in total. The molecule has 2 fully saturated rings. The van der Waals surface area contributed by atoms with E-state index in [1.807, 2.05) is 0 Å². The Labute approximate surface area is 113 Å². The molecule has 0 bridgehead atoms. The van der Waals surface area contributed by atoms with Crippen molar-refractivity contribution in [2.24, 2.45) is 11.8 Å². The van der Waals surface area contributed by atoms with Crippen molar-refractivity contribution >= 4 is 11.9 Å². The third-order valence-corrected chi connectivity index (χ3v) is 4.26. The highest BCUT2D eigenvalue weighted by Gasteiger charge is 2.32. The van der Waals surface area contributed by atoms with Gasteiger partial charge in [0.2, 0.25) is 5.91 Å². The normalized spacial score (nSPS) is 30.4. The number of carbonyl (C=O) groups excluding carboxylic acids is 1. The van der Waals surface area contributed by atoms with Crippen molar-refractivity contribution in [3.8, 4) is 0 Å². The average molecular weight is 269 g/mol. The van der Waals surface area contributed by atoms with Crippen molar-refractivity contribution in [3.63, 3.8) is 0 Å². The first-order valence-corrected chi connectivity index (χ1v) is 7.28.